The monoisotopic (exact) mass is 208 g/mol. The first-order valence-corrected chi connectivity index (χ1v) is 4.82. The van der Waals surface area contributed by atoms with Crippen LogP contribution in [0.3, 0.4) is 0 Å². The van der Waals surface area contributed by atoms with Crippen molar-refractivity contribution in [2.45, 2.75) is 20.8 Å². The number of aryl methyl sites for hydroxylation is 1. The van der Waals surface area contributed by atoms with E-state index in [9.17, 15) is 9.18 Å². The molecule has 1 heterocycles. The van der Waals surface area contributed by atoms with Gasteiger partial charge >= 0.3 is 0 Å². The van der Waals surface area contributed by atoms with Crippen molar-refractivity contribution in [1.82, 2.24) is 9.97 Å². The SMILES string of the molecule is CC.Cc1cc2c(=O)[nH]cnc2cc1F. The first-order valence-electron chi connectivity index (χ1n) is 4.82. The quantitative estimate of drug-likeness (QED) is 0.722. The average molecular weight is 208 g/mol. The van der Waals surface area contributed by atoms with Gasteiger partial charge < -0.3 is 4.98 Å². The number of H-pyrrole nitrogens is 1. The molecule has 80 valence electrons. The van der Waals surface area contributed by atoms with E-state index in [2.05, 4.69) is 9.97 Å². The molecule has 1 N–H and O–H groups in total. The highest BCUT2D eigenvalue weighted by Gasteiger charge is 2.03. The van der Waals surface area contributed by atoms with Gasteiger partial charge in [0.25, 0.3) is 5.56 Å². The number of rotatable bonds is 0. The summed E-state index contributed by atoms with van der Waals surface area (Å²) in [4.78, 5) is 17.5. The summed E-state index contributed by atoms with van der Waals surface area (Å²) in [5, 5.41) is 0.418. The number of nitrogens with zero attached hydrogens (tertiary/aromatic N) is 1. The minimum absolute atomic E-state index is 0.242. The number of benzene rings is 1. The van der Waals surface area contributed by atoms with E-state index in [1.165, 1.54) is 18.5 Å². The van der Waals surface area contributed by atoms with Crippen LogP contribution < -0.4 is 5.56 Å². The minimum atomic E-state index is -0.342. The lowest BCUT2D eigenvalue weighted by molar-refractivity contribution is 0.620. The van der Waals surface area contributed by atoms with E-state index in [0.717, 1.165) is 0 Å². The van der Waals surface area contributed by atoms with Crippen LogP contribution in [0.4, 0.5) is 4.39 Å². The third kappa shape index (κ3) is 2.21. The Morgan fingerprint density at radius 2 is 2.00 bits per heavy atom. The Hall–Kier alpha value is -1.71. The van der Waals surface area contributed by atoms with Crippen LogP contribution in [0.1, 0.15) is 19.4 Å². The maximum atomic E-state index is 13.0. The Balaban J connectivity index is 0.000000531. The standard InChI is InChI=1S/C9H7FN2O.C2H6/c1-5-2-6-8(3-7(5)10)11-4-12-9(6)13;1-2/h2-4H,1H3,(H,11,12,13);1-2H3. The van der Waals surface area contributed by atoms with Gasteiger partial charge in [-0.2, -0.15) is 0 Å². The van der Waals surface area contributed by atoms with Crippen molar-refractivity contribution in [3.63, 3.8) is 0 Å². The third-order valence-corrected chi connectivity index (χ3v) is 1.92. The zero-order valence-corrected chi connectivity index (χ0v) is 8.97. The lowest BCUT2D eigenvalue weighted by Crippen LogP contribution is -2.06. The molecule has 0 unspecified atom stereocenters. The molecule has 0 aliphatic heterocycles. The molecule has 2 aromatic rings. The number of fused-ring (bicyclic) bond motifs is 1. The smallest absolute Gasteiger partial charge is 0.258 e. The van der Waals surface area contributed by atoms with Crippen LogP contribution in [0, 0.1) is 12.7 Å². The lowest BCUT2D eigenvalue weighted by Gasteiger charge is -1.98. The number of hydrogen-bond donors (Lipinski definition) is 1. The molecule has 0 saturated carbocycles. The number of hydrogen-bond acceptors (Lipinski definition) is 2. The second kappa shape index (κ2) is 4.68. The molecule has 2 rings (SSSR count). The van der Waals surface area contributed by atoms with E-state index in [0.29, 0.717) is 16.5 Å². The third-order valence-electron chi connectivity index (χ3n) is 1.92. The van der Waals surface area contributed by atoms with Gasteiger partial charge in [0.05, 0.1) is 17.2 Å². The zero-order chi connectivity index (χ0) is 11.4. The van der Waals surface area contributed by atoms with Crippen LogP contribution in [0.15, 0.2) is 23.3 Å². The molecule has 15 heavy (non-hydrogen) atoms. The summed E-state index contributed by atoms with van der Waals surface area (Å²) >= 11 is 0. The highest BCUT2D eigenvalue weighted by molar-refractivity contribution is 5.77. The summed E-state index contributed by atoms with van der Waals surface area (Å²) in [6.07, 6.45) is 1.26. The molecule has 0 aliphatic carbocycles. The van der Waals surface area contributed by atoms with Gasteiger partial charge in [-0.15, -0.1) is 0 Å². The van der Waals surface area contributed by atoms with Gasteiger partial charge in [0.15, 0.2) is 0 Å². The van der Waals surface area contributed by atoms with E-state index in [-0.39, 0.29) is 11.4 Å². The van der Waals surface area contributed by atoms with E-state index in [1.807, 2.05) is 13.8 Å². The fourth-order valence-electron chi connectivity index (χ4n) is 1.20. The molecule has 0 aliphatic rings. The highest BCUT2D eigenvalue weighted by atomic mass is 19.1. The Labute approximate surface area is 87.0 Å². The molecule has 0 saturated heterocycles. The van der Waals surface area contributed by atoms with E-state index < -0.39 is 0 Å². The van der Waals surface area contributed by atoms with E-state index in [1.54, 1.807) is 6.92 Å². The second-order valence-corrected chi connectivity index (χ2v) is 2.85. The van der Waals surface area contributed by atoms with Gasteiger partial charge in [-0.05, 0) is 18.6 Å². The maximum absolute atomic E-state index is 13.0. The maximum Gasteiger partial charge on any atom is 0.258 e. The summed E-state index contributed by atoms with van der Waals surface area (Å²) in [6.45, 7) is 5.61. The summed E-state index contributed by atoms with van der Waals surface area (Å²) < 4.78 is 13.0. The van der Waals surface area contributed by atoms with Gasteiger partial charge in [0.1, 0.15) is 5.82 Å². The fourth-order valence-corrected chi connectivity index (χ4v) is 1.20. The molecular formula is C11H13FN2O. The predicted octanol–water partition coefficient (Wildman–Crippen LogP) is 2.40. The van der Waals surface area contributed by atoms with E-state index >= 15 is 0 Å². The number of halogens is 1. The van der Waals surface area contributed by atoms with Crippen molar-refractivity contribution < 1.29 is 4.39 Å². The number of aromatic amines is 1. The summed E-state index contributed by atoms with van der Waals surface area (Å²) in [6, 6.07) is 2.76. The van der Waals surface area contributed by atoms with Crippen molar-refractivity contribution in [2.75, 3.05) is 0 Å². The van der Waals surface area contributed by atoms with Crippen molar-refractivity contribution >= 4 is 10.9 Å². The van der Waals surface area contributed by atoms with Crippen LogP contribution in [0.2, 0.25) is 0 Å². The Morgan fingerprint density at radius 1 is 1.33 bits per heavy atom. The Bertz CT molecular complexity index is 519. The van der Waals surface area contributed by atoms with Gasteiger partial charge in [0, 0.05) is 6.07 Å². The summed E-state index contributed by atoms with van der Waals surface area (Å²) in [5.74, 6) is -0.342. The van der Waals surface area contributed by atoms with Gasteiger partial charge in [-0.3, -0.25) is 4.79 Å². The van der Waals surface area contributed by atoms with Crippen molar-refractivity contribution in [3.8, 4) is 0 Å². The average Bonchev–Trinajstić information content (AvgIpc) is 2.24. The normalized spacial score (nSPS) is 9.60. The molecular weight excluding hydrogens is 195 g/mol. The van der Waals surface area contributed by atoms with Crippen LogP contribution >= 0.6 is 0 Å². The fraction of sp³-hybridized carbons (Fsp3) is 0.273. The Kier molecular flexibility index (Phi) is 3.55. The summed E-state index contributed by atoms with van der Waals surface area (Å²) in [7, 11) is 0. The highest BCUT2D eigenvalue weighted by Crippen LogP contribution is 2.12. The topological polar surface area (TPSA) is 45.8 Å². The van der Waals surface area contributed by atoms with Crippen LogP contribution in [-0.4, -0.2) is 9.97 Å². The molecule has 0 radical (unpaired) electrons. The van der Waals surface area contributed by atoms with Crippen LogP contribution in [-0.2, 0) is 0 Å². The van der Waals surface area contributed by atoms with Crippen molar-refractivity contribution in [3.05, 3.63) is 40.2 Å². The molecule has 0 bridgehead atoms. The first-order chi connectivity index (χ1) is 7.18. The van der Waals surface area contributed by atoms with Crippen molar-refractivity contribution in [2.24, 2.45) is 0 Å². The van der Waals surface area contributed by atoms with E-state index in [4.69, 9.17) is 0 Å². The van der Waals surface area contributed by atoms with Crippen LogP contribution in [0.25, 0.3) is 10.9 Å². The minimum Gasteiger partial charge on any atom is -0.313 e. The Morgan fingerprint density at radius 3 is 2.67 bits per heavy atom. The molecule has 0 amide bonds. The molecule has 0 spiro atoms. The first kappa shape index (κ1) is 11.4. The number of aromatic nitrogens is 2. The predicted molar refractivity (Wildman–Crippen MR) is 58.4 cm³/mol. The van der Waals surface area contributed by atoms with Crippen LogP contribution in [0.5, 0.6) is 0 Å². The summed E-state index contributed by atoms with van der Waals surface area (Å²) in [5.41, 5.74) is 0.589. The zero-order valence-electron chi connectivity index (χ0n) is 8.97. The lowest BCUT2D eigenvalue weighted by atomic mass is 10.1. The van der Waals surface area contributed by atoms with Crippen molar-refractivity contribution in [1.29, 1.82) is 0 Å². The molecule has 1 aromatic carbocycles. The largest absolute Gasteiger partial charge is 0.313 e. The molecule has 3 nitrogen and oxygen atoms in total. The molecule has 0 atom stereocenters. The number of nitrogens with one attached hydrogen (secondary N) is 1. The van der Waals surface area contributed by atoms with Gasteiger partial charge in [-0.1, -0.05) is 13.8 Å². The molecule has 0 fully saturated rings. The second-order valence-electron chi connectivity index (χ2n) is 2.85. The van der Waals surface area contributed by atoms with Gasteiger partial charge in [0.2, 0.25) is 0 Å². The molecule has 1 aromatic heterocycles. The molecule has 4 heteroatoms. The van der Waals surface area contributed by atoms with Gasteiger partial charge in [-0.25, -0.2) is 9.37 Å².